The summed E-state index contributed by atoms with van der Waals surface area (Å²) in [6.07, 6.45) is 0. The van der Waals surface area contributed by atoms with Gasteiger partial charge >= 0.3 is 5.69 Å². The molecule has 2 rings (SSSR count). The maximum absolute atomic E-state index is 10.8. The number of nitro groups is 1. The van der Waals surface area contributed by atoms with Gasteiger partial charge in [-0.25, -0.2) is 0 Å². The Morgan fingerprint density at radius 1 is 1.17 bits per heavy atom. The molecule has 0 aliphatic heterocycles. The molecule has 2 aromatic carbocycles. The molecule has 0 saturated carbocycles. The third-order valence-corrected chi connectivity index (χ3v) is 2.44. The lowest BCUT2D eigenvalue weighted by atomic mass is 10.3. The fraction of sp³-hybridized carbons (Fsp3) is 0. The van der Waals surface area contributed by atoms with Crippen LogP contribution in [0.3, 0.4) is 0 Å². The molecular formula is C12H8ClNO4. The van der Waals surface area contributed by atoms with Crippen LogP contribution in [-0.2, 0) is 0 Å². The number of halogens is 1. The maximum Gasteiger partial charge on any atom is 0.311 e. The number of phenols is 1. The van der Waals surface area contributed by atoms with E-state index < -0.39 is 4.92 Å². The summed E-state index contributed by atoms with van der Waals surface area (Å²) < 4.78 is 5.31. The van der Waals surface area contributed by atoms with Gasteiger partial charge in [0.25, 0.3) is 0 Å². The highest BCUT2D eigenvalue weighted by Gasteiger charge is 2.15. The van der Waals surface area contributed by atoms with Crippen molar-refractivity contribution in [3.05, 3.63) is 57.6 Å². The summed E-state index contributed by atoms with van der Waals surface area (Å²) in [5.74, 6) is -0.0190. The summed E-state index contributed by atoms with van der Waals surface area (Å²) in [7, 11) is 0. The summed E-state index contributed by atoms with van der Waals surface area (Å²) in [5.41, 5.74) is -0.174. The van der Waals surface area contributed by atoms with E-state index in [0.29, 0.717) is 5.02 Å². The highest BCUT2D eigenvalue weighted by atomic mass is 35.5. The monoisotopic (exact) mass is 265 g/mol. The molecule has 6 heteroatoms. The Kier molecular flexibility index (Phi) is 3.34. The van der Waals surface area contributed by atoms with E-state index in [1.54, 1.807) is 6.07 Å². The lowest BCUT2D eigenvalue weighted by molar-refractivity contribution is -0.385. The molecule has 0 aliphatic rings. The summed E-state index contributed by atoms with van der Waals surface area (Å²) in [6.45, 7) is 0. The van der Waals surface area contributed by atoms with Crippen LogP contribution in [0.5, 0.6) is 17.2 Å². The lowest BCUT2D eigenvalue weighted by Gasteiger charge is -2.07. The van der Waals surface area contributed by atoms with E-state index in [1.165, 1.54) is 36.4 Å². The van der Waals surface area contributed by atoms with E-state index in [2.05, 4.69) is 0 Å². The Morgan fingerprint density at radius 3 is 2.56 bits per heavy atom. The molecule has 0 aliphatic carbocycles. The number of hydrogen-bond acceptors (Lipinski definition) is 4. The molecule has 0 aromatic heterocycles. The van der Waals surface area contributed by atoms with Crippen LogP contribution < -0.4 is 4.74 Å². The van der Waals surface area contributed by atoms with Crippen molar-refractivity contribution in [3.8, 4) is 17.2 Å². The summed E-state index contributed by atoms with van der Waals surface area (Å²) in [5, 5.41) is 20.7. The first kappa shape index (κ1) is 12.2. The summed E-state index contributed by atoms with van der Waals surface area (Å²) in [6, 6.07) is 10.2. The Bertz CT molecular complexity index is 600. The van der Waals surface area contributed by atoms with E-state index in [1.807, 2.05) is 0 Å². The number of phenolic OH excluding ortho intramolecular Hbond substituents is 1. The molecular weight excluding hydrogens is 258 g/mol. The predicted molar refractivity (Wildman–Crippen MR) is 66.3 cm³/mol. The molecule has 18 heavy (non-hydrogen) atoms. The Hall–Kier alpha value is -2.27. The van der Waals surface area contributed by atoms with Gasteiger partial charge in [0.15, 0.2) is 11.5 Å². The van der Waals surface area contributed by atoms with Gasteiger partial charge in [-0.1, -0.05) is 23.7 Å². The third kappa shape index (κ3) is 2.52. The lowest BCUT2D eigenvalue weighted by Crippen LogP contribution is -1.93. The number of rotatable bonds is 3. The van der Waals surface area contributed by atoms with Crippen LogP contribution in [0.1, 0.15) is 0 Å². The number of nitrogens with zero attached hydrogens (tertiary/aromatic N) is 1. The van der Waals surface area contributed by atoms with Crippen molar-refractivity contribution in [2.45, 2.75) is 0 Å². The molecule has 0 bridgehead atoms. The average molecular weight is 266 g/mol. The van der Waals surface area contributed by atoms with Crippen LogP contribution in [0.4, 0.5) is 5.69 Å². The summed E-state index contributed by atoms with van der Waals surface area (Å²) >= 11 is 5.68. The van der Waals surface area contributed by atoms with Gasteiger partial charge in [0.2, 0.25) is 5.75 Å². The van der Waals surface area contributed by atoms with Gasteiger partial charge in [0, 0.05) is 17.2 Å². The third-order valence-electron chi connectivity index (χ3n) is 2.20. The minimum Gasteiger partial charge on any atom is -0.504 e. The van der Waals surface area contributed by atoms with E-state index in [-0.39, 0.29) is 22.9 Å². The zero-order valence-electron chi connectivity index (χ0n) is 9.04. The normalized spacial score (nSPS) is 10.1. The molecule has 1 N–H and O–H groups in total. The predicted octanol–water partition coefficient (Wildman–Crippen LogP) is 3.75. The number of aromatic hydroxyl groups is 1. The van der Waals surface area contributed by atoms with Crippen LogP contribution in [-0.4, -0.2) is 10.0 Å². The second-order valence-electron chi connectivity index (χ2n) is 3.44. The second-order valence-corrected chi connectivity index (χ2v) is 3.88. The highest BCUT2D eigenvalue weighted by molar-refractivity contribution is 6.30. The van der Waals surface area contributed by atoms with Crippen molar-refractivity contribution in [1.82, 2.24) is 0 Å². The first-order valence-corrected chi connectivity index (χ1v) is 5.35. The minimum atomic E-state index is -0.553. The Labute approximate surface area is 107 Å². The second kappa shape index (κ2) is 4.93. The van der Waals surface area contributed by atoms with Crippen molar-refractivity contribution in [2.24, 2.45) is 0 Å². The number of hydrogen-bond donors (Lipinski definition) is 1. The van der Waals surface area contributed by atoms with Crippen LogP contribution in [0.2, 0.25) is 5.02 Å². The molecule has 2 aromatic rings. The molecule has 0 unspecified atom stereocenters. The zero-order chi connectivity index (χ0) is 13.1. The molecule has 0 radical (unpaired) electrons. The van der Waals surface area contributed by atoms with Gasteiger partial charge in [-0.2, -0.15) is 0 Å². The minimum absolute atomic E-state index is 0.0557. The molecule has 0 fully saturated rings. The number of benzene rings is 2. The topological polar surface area (TPSA) is 72.6 Å². The van der Waals surface area contributed by atoms with E-state index in [9.17, 15) is 15.2 Å². The van der Waals surface area contributed by atoms with Gasteiger partial charge in [-0.3, -0.25) is 10.1 Å². The van der Waals surface area contributed by atoms with Crippen molar-refractivity contribution in [1.29, 1.82) is 0 Å². The number of ether oxygens (including phenoxy) is 1. The van der Waals surface area contributed by atoms with Crippen LogP contribution in [0.25, 0.3) is 0 Å². The number of nitro benzene ring substituents is 1. The summed E-state index contributed by atoms with van der Waals surface area (Å²) in [4.78, 5) is 10.2. The maximum atomic E-state index is 10.8. The van der Waals surface area contributed by atoms with Crippen molar-refractivity contribution in [3.63, 3.8) is 0 Å². The molecule has 92 valence electrons. The quantitative estimate of drug-likeness (QED) is 0.678. The molecule has 0 atom stereocenters. The van der Waals surface area contributed by atoms with Gasteiger partial charge in [-0.15, -0.1) is 0 Å². The SMILES string of the molecule is O=[N+]([O-])c1ccccc1Oc1ccc(Cl)cc1O. The van der Waals surface area contributed by atoms with E-state index in [4.69, 9.17) is 16.3 Å². The standard InChI is InChI=1S/C12H8ClNO4/c13-8-5-6-12(10(15)7-8)18-11-4-2-1-3-9(11)14(16)17/h1-7,15H. The van der Waals surface area contributed by atoms with Gasteiger partial charge < -0.3 is 9.84 Å². The van der Waals surface area contributed by atoms with Gasteiger partial charge in [0.05, 0.1) is 4.92 Å². The van der Waals surface area contributed by atoms with Gasteiger partial charge in [-0.05, 0) is 18.2 Å². The van der Waals surface area contributed by atoms with Crippen molar-refractivity contribution in [2.75, 3.05) is 0 Å². The fourth-order valence-electron chi connectivity index (χ4n) is 1.39. The smallest absolute Gasteiger partial charge is 0.311 e. The fourth-order valence-corrected chi connectivity index (χ4v) is 1.56. The van der Waals surface area contributed by atoms with E-state index >= 15 is 0 Å². The van der Waals surface area contributed by atoms with Crippen LogP contribution in [0.15, 0.2) is 42.5 Å². The van der Waals surface area contributed by atoms with Gasteiger partial charge in [0.1, 0.15) is 0 Å². The Balaban J connectivity index is 2.37. The molecule has 0 spiro atoms. The Morgan fingerprint density at radius 2 is 1.89 bits per heavy atom. The first-order chi connectivity index (χ1) is 8.58. The highest BCUT2D eigenvalue weighted by Crippen LogP contribution is 2.36. The molecule has 5 nitrogen and oxygen atoms in total. The van der Waals surface area contributed by atoms with Crippen molar-refractivity contribution >= 4 is 17.3 Å². The van der Waals surface area contributed by atoms with Crippen molar-refractivity contribution < 1.29 is 14.8 Å². The number of para-hydroxylation sites is 2. The molecule has 0 heterocycles. The van der Waals surface area contributed by atoms with Crippen LogP contribution in [0, 0.1) is 10.1 Å². The van der Waals surface area contributed by atoms with E-state index in [0.717, 1.165) is 0 Å². The zero-order valence-corrected chi connectivity index (χ0v) is 9.79. The molecule has 0 saturated heterocycles. The molecule has 0 amide bonds. The largest absolute Gasteiger partial charge is 0.504 e. The van der Waals surface area contributed by atoms with Crippen LogP contribution >= 0.6 is 11.6 Å². The first-order valence-electron chi connectivity index (χ1n) is 4.97. The average Bonchev–Trinajstić information content (AvgIpc) is 2.33.